The predicted molar refractivity (Wildman–Crippen MR) is 155 cm³/mol. The Labute approximate surface area is 247 Å². The van der Waals surface area contributed by atoms with E-state index >= 15 is 0 Å². The molecule has 0 saturated carbocycles. The van der Waals surface area contributed by atoms with Gasteiger partial charge in [0, 0.05) is 37.1 Å². The summed E-state index contributed by atoms with van der Waals surface area (Å²) in [6.07, 6.45) is -3.12. The van der Waals surface area contributed by atoms with Gasteiger partial charge in [0.05, 0.1) is 18.2 Å². The highest BCUT2D eigenvalue weighted by Gasteiger charge is 2.32. The number of rotatable bonds is 7. The number of benzene rings is 2. The van der Waals surface area contributed by atoms with Crippen LogP contribution < -0.4 is 25.6 Å². The third-order valence-corrected chi connectivity index (χ3v) is 6.02. The molecule has 0 spiro atoms. The van der Waals surface area contributed by atoms with Crippen molar-refractivity contribution in [1.29, 1.82) is 0 Å². The average Bonchev–Trinajstić information content (AvgIpc) is 2.94. The lowest BCUT2D eigenvalue weighted by atomic mass is 10.1. The van der Waals surface area contributed by atoms with Crippen LogP contribution in [0.25, 0.3) is 0 Å². The number of ether oxygens (including phenoxy) is 2. The number of anilines is 3. The SMILES string of the molecule is CC(C)(C)OC=O.Cc1ccc(NC(=O)Nc2ccc(Oc3cc(N4CCNC[C@H]4CO)ncn3)cc2)cc1C(F)(F)F. The van der Waals surface area contributed by atoms with Crippen LogP contribution >= 0.6 is 0 Å². The van der Waals surface area contributed by atoms with E-state index in [9.17, 15) is 27.9 Å². The van der Waals surface area contributed by atoms with Gasteiger partial charge in [-0.3, -0.25) is 4.79 Å². The van der Waals surface area contributed by atoms with Crippen molar-refractivity contribution in [2.24, 2.45) is 0 Å². The molecule has 1 fully saturated rings. The molecule has 1 aliphatic rings. The van der Waals surface area contributed by atoms with E-state index in [4.69, 9.17) is 4.74 Å². The Hall–Kier alpha value is -4.43. The zero-order valence-electron chi connectivity index (χ0n) is 24.2. The molecule has 2 amide bonds. The molecule has 11 nitrogen and oxygen atoms in total. The molecule has 43 heavy (non-hydrogen) atoms. The van der Waals surface area contributed by atoms with Gasteiger partial charge in [-0.2, -0.15) is 13.2 Å². The number of piperazine rings is 1. The van der Waals surface area contributed by atoms with E-state index in [-0.39, 0.29) is 29.5 Å². The van der Waals surface area contributed by atoms with Gasteiger partial charge in [0.25, 0.3) is 6.47 Å². The van der Waals surface area contributed by atoms with Crippen molar-refractivity contribution in [3.63, 3.8) is 0 Å². The number of aliphatic hydroxyl groups excluding tert-OH is 1. The second kappa shape index (κ2) is 14.6. The number of carbonyl (C=O) groups is 2. The number of hydrogen-bond acceptors (Lipinski definition) is 9. The highest BCUT2D eigenvalue weighted by molar-refractivity contribution is 5.99. The van der Waals surface area contributed by atoms with Crippen LogP contribution in [0.15, 0.2) is 54.9 Å². The standard InChI is InChI=1S/C24H25F3N6O3.C5H10O2/c1-15-2-3-17(10-20(15)24(25,26)27)32-23(35)31-16-4-6-19(7-5-16)36-22-11-21(29-14-30-22)33-9-8-28-12-18(33)13-34;1-5(2,3)7-4-6/h2-7,10-11,14,18,28,34H,8-9,12-13H2,1H3,(H2,31,32,35);4H,1-3H3/t18-;/m0./s1. The summed E-state index contributed by atoms with van der Waals surface area (Å²) in [6, 6.07) is 10.9. The van der Waals surface area contributed by atoms with Crippen LogP contribution in [0, 0.1) is 6.92 Å². The van der Waals surface area contributed by atoms with E-state index in [1.165, 1.54) is 25.4 Å². The minimum absolute atomic E-state index is 0.0113. The number of amides is 2. The first kappa shape index (κ1) is 33.1. The van der Waals surface area contributed by atoms with Gasteiger partial charge < -0.3 is 35.4 Å². The molecule has 0 radical (unpaired) electrons. The van der Waals surface area contributed by atoms with E-state index in [0.717, 1.165) is 12.6 Å². The summed E-state index contributed by atoms with van der Waals surface area (Å²) in [7, 11) is 0. The Morgan fingerprint density at radius 2 is 1.77 bits per heavy atom. The highest BCUT2D eigenvalue weighted by atomic mass is 19.4. The number of nitrogens with one attached hydrogen (secondary N) is 3. The summed E-state index contributed by atoms with van der Waals surface area (Å²) in [5.41, 5.74) is -0.614. The lowest BCUT2D eigenvalue weighted by Gasteiger charge is -2.35. The van der Waals surface area contributed by atoms with Gasteiger partial charge >= 0.3 is 12.2 Å². The first-order chi connectivity index (χ1) is 20.3. The van der Waals surface area contributed by atoms with Crippen LogP contribution in [0.2, 0.25) is 0 Å². The van der Waals surface area contributed by atoms with Crippen molar-refractivity contribution in [3.05, 3.63) is 66.0 Å². The van der Waals surface area contributed by atoms with Crippen molar-refractivity contribution in [2.45, 2.75) is 45.5 Å². The van der Waals surface area contributed by atoms with Gasteiger partial charge in [-0.1, -0.05) is 6.07 Å². The lowest BCUT2D eigenvalue weighted by molar-refractivity contribution is -0.139. The largest absolute Gasteiger partial charge is 0.462 e. The summed E-state index contributed by atoms with van der Waals surface area (Å²) < 4.78 is 49.6. The maximum Gasteiger partial charge on any atom is 0.416 e. The van der Waals surface area contributed by atoms with Gasteiger partial charge in [-0.25, -0.2) is 14.8 Å². The van der Waals surface area contributed by atoms with Crippen LogP contribution in [-0.2, 0) is 15.7 Å². The molecule has 1 aliphatic heterocycles. The Balaban J connectivity index is 0.000000646. The summed E-state index contributed by atoms with van der Waals surface area (Å²) in [4.78, 5) is 32.3. The smallest absolute Gasteiger partial charge is 0.416 e. The van der Waals surface area contributed by atoms with Crippen molar-refractivity contribution in [2.75, 3.05) is 41.8 Å². The molecule has 1 atom stereocenters. The number of urea groups is 1. The fraction of sp³-hybridized carbons (Fsp3) is 0.379. The normalized spacial score (nSPS) is 15.1. The molecule has 2 heterocycles. The van der Waals surface area contributed by atoms with Crippen LogP contribution in [0.3, 0.4) is 0 Å². The molecule has 3 aromatic rings. The van der Waals surface area contributed by atoms with E-state index in [2.05, 4.69) is 30.7 Å². The minimum Gasteiger partial charge on any atom is -0.462 e. The molecule has 2 aromatic carbocycles. The zero-order valence-corrected chi connectivity index (χ0v) is 24.2. The number of carbonyl (C=O) groups excluding carboxylic acids is 2. The van der Waals surface area contributed by atoms with Gasteiger partial charge in [0.1, 0.15) is 23.5 Å². The van der Waals surface area contributed by atoms with Crippen LogP contribution in [0.5, 0.6) is 11.6 Å². The molecule has 0 bridgehead atoms. The van der Waals surface area contributed by atoms with Crippen LogP contribution in [0.4, 0.5) is 35.2 Å². The molecule has 4 N–H and O–H groups in total. The second-order valence-corrected chi connectivity index (χ2v) is 10.5. The van der Waals surface area contributed by atoms with Gasteiger partial charge in [-0.05, 0) is 69.7 Å². The zero-order chi connectivity index (χ0) is 31.6. The van der Waals surface area contributed by atoms with Crippen LogP contribution in [-0.4, -0.2) is 65.5 Å². The molecular formula is C29H35F3N6O5. The molecular weight excluding hydrogens is 569 g/mol. The van der Waals surface area contributed by atoms with Gasteiger partial charge in [0.15, 0.2) is 0 Å². The molecule has 1 aromatic heterocycles. The Kier molecular flexibility index (Phi) is 11.3. The second-order valence-electron chi connectivity index (χ2n) is 10.5. The first-order valence-corrected chi connectivity index (χ1v) is 13.3. The molecule has 1 saturated heterocycles. The van der Waals surface area contributed by atoms with Crippen molar-refractivity contribution >= 4 is 29.7 Å². The number of hydrogen-bond donors (Lipinski definition) is 4. The fourth-order valence-electron chi connectivity index (χ4n) is 3.94. The minimum atomic E-state index is -4.51. The number of aryl methyl sites for hydroxylation is 1. The maximum absolute atomic E-state index is 13.1. The van der Waals surface area contributed by atoms with E-state index in [1.54, 1.807) is 30.3 Å². The monoisotopic (exact) mass is 604 g/mol. The van der Waals surface area contributed by atoms with E-state index < -0.39 is 17.8 Å². The maximum atomic E-state index is 13.1. The number of alkyl halides is 3. The van der Waals surface area contributed by atoms with Crippen LogP contribution in [0.1, 0.15) is 31.9 Å². The lowest BCUT2D eigenvalue weighted by Crippen LogP contribution is -2.53. The van der Waals surface area contributed by atoms with Crippen molar-refractivity contribution < 1.29 is 37.3 Å². The average molecular weight is 605 g/mol. The Morgan fingerprint density at radius 1 is 1.09 bits per heavy atom. The summed E-state index contributed by atoms with van der Waals surface area (Å²) in [5, 5.41) is 17.8. The highest BCUT2D eigenvalue weighted by Crippen LogP contribution is 2.33. The quantitative estimate of drug-likeness (QED) is 0.276. The number of aromatic nitrogens is 2. The molecule has 14 heteroatoms. The van der Waals surface area contributed by atoms with Gasteiger partial charge in [-0.15, -0.1) is 0 Å². The molecule has 232 valence electrons. The predicted octanol–water partition coefficient (Wildman–Crippen LogP) is 4.97. The number of halogens is 3. The molecule has 0 unspecified atom stereocenters. The summed E-state index contributed by atoms with van der Waals surface area (Å²) in [6.45, 7) is 9.37. The Bertz CT molecular complexity index is 1370. The van der Waals surface area contributed by atoms with Crippen molar-refractivity contribution in [3.8, 4) is 11.6 Å². The Morgan fingerprint density at radius 3 is 2.37 bits per heavy atom. The third-order valence-electron chi connectivity index (χ3n) is 6.02. The fourth-order valence-corrected chi connectivity index (χ4v) is 3.94. The summed E-state index contributed by atoms with van der Waals surface area (Å²) >= 11 is 0. The van der Waals surface area contributed by atoms with E-state index in [0.29, 0.717) is 42.7 Å². The number of aliphatic hydroxyl groups is 1. The first-order valence-electron chi connectivity index (χ1n) is 13.3. The number of nitrogens with zero attached hydrogens (tertiary/aromatic N) is 3. The summed E-state index contributed by atoms with van der Waals surface area (Å²) in [5.74, 6) is 1.41. The van der Waals surface area contributed by atoms with Crippen molar-refractivity contribution in [1.82, 2.24) is 15.3 Å². The van der Waals surface area contributed by atoms with E-state index in [1.807, 2.05) is 25.7 Å². The van der Waals surface area contributed by atoms with Gasteiger partial charge in [0.2, 0.25) is 5.88 Å². The topological polar surface area (TPSA) is 138 Å². The molecule has 0 aliphatic carbocycles. The molecule has 4 rings (SSSR count). The third kappa shape index (κ3) is 10.4.